The van der Waals surface area contributed by atoms with E-state index in [-0.39, 0.29) is 0 Å². The summed E-state index contributed by atoms with van der Waals surface area (Å²) in [5.74, 6) is -0.679. The molecule has 0 amide bonds. The maximum absolute atomic E-state index is 10.3. The molecule has 0 saturated carbocycles. The highest BCUT2D eigenvalue weighted by atomic mass is 16.7. The molecule has 0 fully saturated rings. The van der Waals surface area contributed by atoms with Crippen molar-refractivity contribution in [1.82, 2.24) is 0 Å². The lowest BCUT2D eigenvalue weighted by Gasteiger charge is -2.16. The van der Waals surface area contributed by atoms with E-state index < -0.39 is 33.4 Å². The van der Waals surface area contributed by atoms with Crippen LogP contribution in [0.4, 0.5) is 0 Å². The van der Waals surface area contributed by atoms with E-state index in [0.29, 0.717) is 6.08 Å². The number of allylic oxidation sites excluding steroid dienone is 1. The van der Waals surface area contributed by atoms with Crippen molar-refractivity contribution in [2.45, 2.75) is 12.1 Å². The van der Waals surface area contributed by atoms with Crippen LogP contribution in [0, 0.1) is 20.2 Å². The van der Waals surface area contributed by atoms with Crippen LogP contribution in [0.5, 0.6) is 0 Å². The molecule has 8 heteroatoms. The minimum Gasteiger partial charge on any atom is -0.502 e. The molecule has 8 nitrogen and oxygen atoms in total. The van der Waals surface area contributed by atoms with Crippen molar-refractivity contribution in [2.75, 3.05) is 0 Å². The summed E-state index contributed by atoms with van der Waals surface area (Å²) < 4.78 is 0. The molecule has 14 heavy (non-hydrogen) atoms. The number of nitro groups is 2. The quantitative estimate of drug-likeness (QED) is 0.367. The Morgan fingerprint density at radius 3 is 2.43 bits per heavy atom. The summed E-state index contributed by atoms with van der Waals surface area (Å²) in [6.45, 7) is 0. The van der Waals surface area contributed by atoms with Gasteiger partial charge < -0.3 is 10.2 Å². The van der Waals surface area contributed by atoms with Gasteiger partial charge in [0.1, 0.15) is 6.42 Å². The van der Waals surface area contributed by atoms with Crippen LogP contribution in [-0.2, 0) is 0 Å². The molecule has 1 aliphatic carbocycles. The fourth-order valence-electron chi connectivity index (χ4n) is 0.988. The molecule has 1 unspecified atom stereocenters. The molecular weight excluding hydrogens is 196 g/mol. The molecule has 0 aliphatic heterocycles. The SMILES string of the molecule is O=[N+]([O-])C1=C(O)C=CC(O)([N+](=O)[O-])C1. The second-order valence-corrected chi connectivity index (χ2v) is 2.73. The van der Waals surface area contributed by atoms with Gasteiger partial charge in [-0.3, -0.25) is 20.2 Å². The number of nitrogens with zero attached hydrogens (tertiary/aromatic N) is 2. The van der Waals surface area contributed by atoms with E-state index in [0.717, 1.165) is 6.08 Å². The zero-order chi connectivity index (χ0) is 10.9. The molecule has 1 rings (SSSR count). The Bertz CT molecular complexity index is 359. The Hall–Kier alpha value is -1.96. The first kappa shape index (κ1) is 10.1. The highest BCUT2D eigenvalue weighted by Gasteiger charge is 2.46. The average Bonchev–Trinajstić information content (AvgIpc) is 2.09. The maximum Gasteiger partial charge on any atom is 0.352 e. The molecule has 0 radical (unpaired) electrons. The fraction of sp³-hybridized carbons (Fsp3) is 0.333. The summed E-state index contributed by atoms with van der Waals surface area (Å²) in [5.41, 5.74) is -3.28. The molecule has 0 aromatic heterocycles. The van der Waals surface area contributed by atoms with Gasteiger partial charge in [0, 0.05) is 6.08 Å². The highest BCUT2D eigenvalue weighted by molar-refractivity contribution is 5.23. The lowest BCUT2D eigenvalue weighted by Crippen LogP contribution is -2.39. The number of aliphatic hydroxyl groups is 2. The average molecular weight is 202 g/mol. The van der Waals surface area contributed by atoms with E-state index in [2.05, 4.69) is 0 Å². The third kappa shape index (κ3) is 1.55. The molecule has 0 aromatic carbocycles. The first-order valence-electron chi connectivity index (χ1n) is 3.49. The van der Waals surface area contributed by atoms with E-state index in [4.69, 9.17) is 5.11 Å². The summed E-state index contributed by atoms with van der Waals surface area (Å²) in [7, 11) is 0. The zero-order valence-electron chi connectivity index (χ0n) is 6.78. The van der Waals surface area contributed by atoms with Crippen LogP contribution < -0.4 is 0 Å². The predicted molar refractivity (Wildman–Crippen MR) is 42.4 cm³/mol. The molecule has 76 valence electrons. The van der Waals surface area contributed by atoms with Gasteiger partial charge in [-0.15, -0.1) is 0 Å². The van der Waals surface area contributed by atoms with Crippen molar-refractivity contribution in [2.24, 2.45) is 0 Å². The molecule has 0 aromatic rings. The van der Waals surface area contributed by atoms with Crippen LogP contribution in [0.15, 0.2) is 23.6 Å². The first-order valence-corrected chi connectivity index (χ1v) is 3.49. The van der Waals surface area contributed by atoms with E-state index in [1.165, 1.54) is 0 Å². The summed E-state index contributed by atoms with van der Waals surface area (Å²) in [5, 5.41) is 38.8. The first-order chi connectivity index (χ1) is 6.37. The Morgan fingerprint density at radius 2 is 2.00 bits per heavy atom. The molecule has 0 bridgehead atoms. The molecule has 1 aliphatic rings. The standard InChI is InChI=1S/C6H6N2O6/c9-5-1-2-6(10,8(13)14)3-4(5)7(11)12/h1-2,9-10H,3H2. The van der Waals surface area contributed by atoms with Crippen LogP contribution in [-0.4, -0.2) is 25.8 Å². The van der Waals surface area contributed by atoms with E-state index in [9.17, 15) is 25.3 Å². The summed E-state index contributed by atoms with van der Waals surface area (Å²) >= 11 is 0. The van der Waals surface area contributed by atoms with Gasteiger partial charge in [-0.1, -0.05) is 0 Å². The minimum absolute atomic E-state index is 0.679. The molecule has 2 N–H and O–H groups in total. The number of hydrogen-bond acceptors (Lipinski definition) is 6. The van der Waals surface area contributed by atoms with Gasteiger partial charge in [0.2, 0.25) is 0 Å². The molecule has 1 atom stereocenters. The van der Waals surface area contributed by atoms with Crippen molar-refractivity contribution in [3.8, 4) is 0 Å². The normalized spacial score (nSPS) is 26.4. The van der Waals surface area contributed by atoms with Crippen LogP contribution in [0.1, 0.15) is 6.42 Å². The largest absolute Gasteiger partial charge is 0.502 e. The number of aliphatic hydroxyl groups excluding tert-OH is 1. The van der Waals surface area contributed by atoms with Crippen LogP contribution in [0.3, 0.4) is 0 Å². The Morgan fingerprint density at radius 1 is 1.43 bits per heavy atom. The lowest BCUT2D eigenvalue weighted by atomic mass is 10.0. The maximum atomic E-state index is 10.3. The van der Waals surface area contributed by atoms with Crippen molar-refractivity contribution < 1.29 is 20.1 Å². The van der Waals surface area contributed by atoms with E-state index in [1.54, 1.807) is 0 Å². The van der Waals surface area contributed by atoms with E-state index >= 15 is 0 Å². The summed E-state index contributed by atoms with van der Waals surface area (Å²) in [4.78, 5) is 18.6. The lowest BCUT2D eigenvalue weighted by molar-refractivity contribution is -0.613. The van der Waals surface area contributed by atoms with Gasteiger partial charge in [0.05, 0.1) is 9.85 Å². The smallest absolute Gasteiger partial charge is 0.352 e. The van der Waals surface area contributed by atoms with Crippen LogP contribution in [0.25, 0.3) is 0 Å². The Labute approximate surface area is 77.1 Å². The van der Waals surface area contributed by atoms with Crippen LogP contribution >= 0.6 is 0 Å². The van der Waals surface area contributed by atoms with Crippen molar-refractivity contribution in [3.05, 3.63) is 43.8 Å². The number of rotatable bonds is 2. The molecule has 0 saturated heterocycles. The molecule has 0 spiro atoms. The highest BCUT2D eigenvalue weighted by Crippen LogP contribution is 2.26. The van der Waals surface area contributed by atoms with Crippen molar-refractivity contribution in [3.63, 3.8) is 0 Å². The Balaban J connectivity index is 3.07. The second-order valence-electron chi connectivity index (χ2n) is 2.73. The summed E-state index contributed by atoms with van der Waals surface area (Å²) in [6.07, 6.45) is 0.592. The zero-order valence-corrected chi connectivity index (χ0v) is 6.78. The fourth-order valence-corrected chi connectivity index (χ4v) is 0.988. The van der Waals surface area contributed by atoms with Gasteiger partial charge in [-0.2, -0.15) is 0 Å². The van der Waals surface area contributed by atoms with E-state index in [1.807, 2.05) is 0 Å². The third-order valence-electron chi connectivity index (χ3n) is 1.77. The van der Waals surface area contributed by atoms with Crippen molar-refractivity contribution in [1.29, 1.82) is 0 Å². The molecular formula is C6H6N2O6. The van der Waals surface area contributed by atoms with Gasteiger partial charge >= 0.3 is 5.72 Å². The minimum atomic E-state index is -2.51. The van der Waals surface area contributed by atoms with Gasteiger partial charge in [-0.25, -0.2) is 0 Å². The monoisotopic (exact) mass is 202 g/mol. The van der Waals surface area contributed by atoms with Crippen molar-refractivity contribution >= 4 is 0 Å². The molecule has 0 heterocycles. The topological polar surface area (TPSA) is 127 Å². The number of hydrogen-bond donors (Lipinski definition) is 2. The van der Waals surface area contributed by atoms with Gasteiger partial charge in [0.25, 0.3) is 5.70 Å². The third-order valence-corrected chi connectivity index (χ3v) is 1.77. The van der Waals surface area contributed by atoms with Gasteiger partial charge in [-0.05, 0) is 6.08 Å². The Kier molecular flexibility index (Phi) is 2.22. The van der Waals surface area contributed by atoms with Gasteiger partial charge in [0.15, 0.2) is 5.76 Å². The van der Waals surface area contributed by atoms with Crippen LogP contribution in [0.2, 0.25) is 0 Å². The second kappa shape index (κ2) is 3.07. The summed E-state index contributed by atoms with van der Waals surface area (Å²) in [6, 6.07) is 0. The predicted octanol–water partition coefficient (Wildman–Crippen LogP) is -0.0421.